The van der Waals surface area contributed by atoms with Crippen molar-refractivity contribution < 1.29 is 22.7 Å². The van der Waals surface area contributed by atoms with E-state index in [2.05, 4.69) is 0 Å². The fourth-order valence-corrected chi connectivity index (χ4v) is 4.37. The molecule has 1 saturated heterocycles. The predicted molar refractivity (Wildman–Crippen MR) is 96.4 cm³/mol. The Morgan fingerprint density at radius 1 is 1.32 bits per heavy atom. The highest BCUT2D eigenvalue weighted by molar-refractivity contribution is 7.99. The van der Waals surface area contributed by atoms with E-state index < -0.39 is 10.0 Å². The first-order valence-electron chi connectivity index (χ1n) is 8.05. The van der Waals surface area contributed by atoms with Gasteiger partial charge < -0.3 is 14.4 Å². The highest BCUT2D eigenvalue weighted by Crippen LogP contribution is 2.40. The zero-order chi connectivity index (χ0) is 18.0. The molecule has 0 bridgehead atoms. The van der Waals surface area contributed by atoms with Crippen molar-refractivity contribution in [2.45, 2.75) is 11.7 Å². The van der Waals surface area contributed by atoms with Crippen LogP contribution < -0.4 is 9.47 Å². The van der Waals surface area contributed by atoms with Crippen molar-refractivity contribution >= 4 is 27.7 Å². The number of sulfonamides is 1. The van der Waals surface area contributed by atoms with Gasteiger partial charge in [-0.25, -0.2) is 8.42 Å². The number of fused-ring (bicyclic) bond motifs is 1. The smallest absolute Gasteiger partial charge is 0.237 e. The highest BCUT2D eigenvalue weighted by atomic mass is 32.2. The molecule has 0 N–H and O–H groups in total. The number of nitrogens with zero attached hydrogens (tertiary/aromatic N) is 2. The maximum Gasteiger partial charge on any atom is 0.237 e. The molecule has 1 aromatic rings. The van der Waals surface area contributed by atoms with Gasteiger partial charge in [0.05, 0.1) is 12.8 Å². The number of amides is 1. The molecule has 1 atom stereocenters. The van der Waals surface area contributed by atoms with Crippen LogP contribution in [-0.2, 0) is 14.8 Å². The topological polar surface area (TPSA) is 76.2 Å². The lowest BCUT2D eigenvalue weighted by atomic mass is 10.1. The van der Waals surface area contributed by atoms with Crippen LogP contribution in [0.5, 0.6) is 11.5 Å². The van der Waals surface area contributed by atoms with Gasteiger partial charge in [-0.2, -0.15) is 16.1 Å². The summed E-state index contributed by atoms with van der Waals surface area (Å²) < 4.78 is 34.8. The summed E-state index contributed by atoms with van der Waals surface area (Å²) in [6, 6.07) is 5.97. The van der Waals surface area contributed by atoms with Gasteiger partial charge in [0, 0.05) is 31.1 Å². The Kier molecular flexibility index (Phi) is 5.45. The number of benzene rings is 1. The van der Waals surface area contributed by atoms with Crippen molar-refractivity contribution in [2.75, 3.05) is 45.5 Å². The van der Waals surface area contributed by atoms with Gasteiger partial charge in [-0.15, -0.1) is 0 Å². The van der Waals surface area contributed by atoms with E-state index in [1.807, 2.05) is 18.2 Å². The molecule has 138 valence electrons. The number of carbonyl (C=O) groups is 1. The fourth-order valence-electron chi connectivity index (χ4n) is 2.81. The minimum absolute atomic E-state index is 0.113. The molecule has 0 saturated carbocycles. The number of carbonyl (C=O) groups excluding carboxylic acids is 1. The molecule has 1 amide bonds. The van der Waals surface area contributed by atoms with Crippen LogP contribution in [0, 0.1) is 0 Å². The molecule has 2 aliphatic rings. The molecule has 0 spiro atoms. The van der Waals surface area contributed by atoms with E-state index in [1.165, 1.54) is 7.05 Å². The molecule has 1 aromatic carbocycles. The van der Waals surface area contributed by atoms with Gasteiger partial charge in [-0.05, 0) is 24.1 Å². The Bertz CT molecular complexity index is 753. The van der Waals surface area contributed by atoms with E-state index in [0.717, 1.165) is 39.8 Å². The minimum atomic E-state index is -3.35. The number of ether oxygens (including phenoxy) is 2. The van der Waals surface area contributed by atoms with Crippen molar-refractivity contribution in [1.82, 2.24) is 9.21 Å². The molecule has 3 rings (SSSR count). The molecule has 9 heteroatoms. The van der Waals surface area contributed by atoms with Crippen molar-refractivity contribution in [3.05, 3.63) is 23.8 Å². The van der Waals surface area contributed by atoms with Crippen LogP contribution in [0.4, 0.5) is 0 Å². The summed E-state index contributed by atoms with van der Waals surface area (Å²) in [5, 5.41) is 0.278. The third-order valence-electron chi connectivity index (χ3n) is 4.39. The standard InChI is InChI=1S/C16H22N2O5S2/c1-17(25(2,20)21)10-16(19)18-6-5-15(24-8-7-18)12-3-4-13-14(9-12)23-11-22-13/h3-4,9,15H,5-8,10-11H2,1-2H3. The molecule has 1 fully saturated rings. The second-order valence-electron chi connectivity index (χ2n) is 6.16. The first kappa shape index (κ1) is 18.3. The number of likely N-dealkylation sites (N-methyl/N-ethyl adjacent to an activating group) is 1. The lowest BCUT2D eigenvalue weighted by molar-refractivity contribution is -0.130. The van der Waals surface area contributed by atoms with E-state index in [4.69, 9.17) is 9.47 Å². The van der Waals surface area contributed by atoms with Crippen LogP contribution in [0.2, 0.25) is 0 Å². The Labute approximate surface area is 152 Å². The third kappa shape index (κ3) is 4.39. The van der Waals surface area contributed by atoms with Crippen molar-refractivity contribution in [3.8, 4) is 11.5 Å². The molecule has 2 aliphatic heterocycles. The third-order valence-corrected chi connectivity index (χ3v) is 6.98. The zero-order valence-corrected chi connectivity index (χ0v) is 15.9. The van der Waals surface area contributed by atoms with E-state index >= 15 is 0 Å². The van der Waals surface area contributed by atoms with Gasteiger partial charge in [-0.3, -0.25) is 4.79 Å². The zero-order valence-electron chi connectivity index (χ0n) is 14.3. The lowest BCUT2D eigenvalue weighted by Crippen LogP contribution is -2.41. The second-order valence-corrected chi connectivity index (χ2v) is 9.56. The molecule has 0 aliphatic carbocycles. The predicted octanol–water partition coefficient (Wildman–Crippen LogP) is 1.31. The molecule has 0 radical (unpaired) electrons. The summed E-state index contributed by atoms with van der Waals surface area (Å²) in [6.07, 6.45) is 1.92. The highest BCUT2D eigenvalue weighted by Gasteiger charge is 2.25. The Balaban J connectivity index is 1.61. The van der Waals surface area contributed by atoms with E-state index in [-0.39, 0.29) is 24.5 Å². The number of thioether (sulfide) groups is 1. The molecule has 1 unspecified atom stereocenters. The number of hydrogen-bond donors (Lipinski definition) is 0. The van der Waals surface area contributed by atoms with Gasteiger partial charge in [0.2, 0.25) is 22.7 Å². The summed E-state index contributed by atoms with van der Waals surface area (Å²) in [6.45, 7) is 1.38. The normalized spacial score (nSPS) is 20.6. The molecular formula is C16H22N2O5S2. The molecule has 2 heterocycles. The van der Waals surface area contributed by atoms with Gasteiger partial charge in [-0.1, -0.05) is 6.07 Å². The monoisotopic (exact) mass is 386 g/mol. The molecule has 25 heavy (non-hydrogen) atoms. The number of rotatable bonds is 4. The summed E-state index contributed by atoms with van der Waals surface area (Å²) in [5.41, 5.74) is 1.16. The summed E-state index contributed by atoms with van der Waals surface area (Å²) in [5.74, 6) is 2.20. The van der Waals surface area contributed by atoms with Crippen LogP contribution in [0.15, 0.2) is 18.2 Å². The fraction of sp³-hybridized carbons (Fsp3) is 0.562. The average Bonchev–Trinajstić information content (AvgIpc) is 2.88. The Morgan fingerprint density at radius 3 is 2.84 bits per heavy atom. The van der Waals surface area contributed by atoms with Crippen LogP contribution >= 0.6 is 11.8 Å². The van der Waals surface area contributed by atoms with E-state index in [1.54, 1.807) is 16.7 Å². The molecule has 0 aromatic heterocycles. The van der Waals surface area contributed by atoms with Crippen molar-refractivity contribution in [3.63, 3.8) is 0 Å². The quantitative estimate of drug-likeness (QED) is 0.777. The molecule has 7 nitrogen and oxygen atoms in total. The maximum absolute atomic E-state index is 12.4. The van der Waals surface area contributed by atoms with Gasteiger partial charge in [0.15, 0.2) is 11.5 Å². The Hall–Kier alpha value is -1.45. The SMILES string of the molecule is CN(CC(=O)N1CCSC(c2ccc3c(c2)OCO3)CC1)S(C)(=O)=O. The summed E-state index contributed by atoms with van der Waals surface area (Å²) in [7, 11) is -1.92. The van der Waals surface area contributed by atoms with Gasteiger partial charge in [0.25, 0.3) is 0 Å². The average molecular weight is 386 g/mol. The summed E-state index contributed by atoms with van der Waals surface area (Å²) >= 11 is 1.81. The van der Waals surface area contributed by atoms with E-state index in [9.17, 15) is 13.2 Å². The van der Waals surface area contributed by atoms with Crippen LogP contribution in [0.3, 0.4) is 0 Å². The second kappa shape index (κ2) is 7.43. The van der Waals surface area contributed by atoms with E-state index in [0.29, 0.717) is 13.1 Å². The summed E-state index contributed by atoms with van der Waals surface area (Å²) in [4.78, 5) is 14.1. The van der Waals surface area contributed by atoms with Gasteiger partial charge in [0.1, 0.15) is 0 Å². The largest absolute Gasteiger partial charge is 0.454 e. The van der Waals surface area contributed by atoms with Crippen LogP contribution in [0.1, 0.15) is 17.2 Å². The minimum Gasteiger partial charge on any atom is -0.454 e. The van der Waals surface area contributed by atoms with Crippen LogP contribution in [0.25, 0.3) is 0 Å². The van der Waals surface area contributed by atoms with Crippen LogP contribution in [-0.4, -0.2) is 69.0 Å². The number of hydrogen-bond acceptors (Lipinski definition) is 6. The maximum atomic E-state index is 12.4. The Morgan fingerprint density at radius 2 is 2.08 bits per heavy atom. The first-order chi connectivity index (χ1) is 11.8. The first-order valence-corrected chi connectivity index (χ1v) is 10.9. The van der Waals surface area contributed by atoms with Crippen molar-refractivity contribution in [2.24, 2.45) is 0 Å². The molecular weight excluding hydrogens is 364 g/mol. The van der Waals surface area contributed by atoms with Crippen molar-refractivity contribution in [1.29, 1.82) is 0 Å². The van der Waals surface area contributed by atoms with Gasteiger partial charge >= 0.3 is 0 Å². The lowest BCUT2D eigenvalue weighted by Gasteiger charge is -2.23.